The van der Waals surface area contributed by atoms with Crippen molar-refractivity contribution in [2.75, 3.05) is 19.6 Å². The molecule has 5 nitrogen and oxygen atoms in total. The van der Waals surface area contributed by atoms with E-state index in [4.69, 9.17) is 11.6 Å². The fourth-order valence-corrected chi connectivity index (χ4v) is 1.88. The maximum Gasteiger partial charge on any atom is 0.252 e. The van der Waals surface area contributed by atoms with E-state index in [-0.39, 0.29) is 18.2 Å². The number of nitrogens with zero attached hydrogens (tertiary/aromatic N) is 2. The molecule has 0 bridgehead atoms. The lowest BCUT2D eigenvalue weighted by Gasteiger charge is -2.18. The summed E-state index contributed by atoms with van der Waals surface area (Å²) in [4.78, 5) is 29.1. The van der Waals surface area contributed by atoms with Gasteiger partial charge in [0, 0.05) is 38.4 Å². The lowest BCUT2D eigenvalue weighted by molar-refractivity contribution is -0.130. The van der Waals surface area contributed by atoms with Crippen molar-refractivity contribution in [2.45, 2.75) is 20.3 Å². The van der Waals surface area contributed by atoms with Crippen LogP contribution in [0.2, 0.25) is 5.02 Å². The SMILES string of the molecule is CCN(CC)C(=O)CCNC(=O)c1ccncc1Cl. The van der Waals surface area contributed by atoms with E-state index in [9.17, 15) is 9.59 Å². The van der Waals surface area contributed by atoms with Crippen LogP contribution in [0, 0.1) is 0 Å². The zero-order chi connectivity index (χ0) is 14.3. The number of carbonyl (C=O) groups is 2. The van der Waals surface area contributed by atoms with Gasteiger partial charge in [0.15, 0.2) is 0 Å². The minimum absolute atomic E-state index is 0.0334. The molecule has 0 aromatic carbocycles. The summed E-state index contributed by atoms with van der Waals surface area (Å²) in [5.74, 6) is -0.258. The summed E-state index contributed by atoms with van der Waals surface area (Å²) in [6.45, 7) is 5.51. The number of hydrogen-bond donors (Lipinski definition) is 1. The summed E-state index contributed by atoms with van der Waals surface area (Å²) in [7, 11) is 0. The number of carbonyl (C=O) groups excluding carboxylic acids is 2. The molecule has 6 heteroatoms. The second-order valence-corrected chi connectivity index (χ2v) is 4.33. The molecule has 0 radical (unpaired) electrons. The topological polar surface area (TPSA) is 62.3 Å². The zero-order valence-corrected chi connectivity index (χ0v) is 11.9. The molecule has 0 fully saturated rings. The molecule has 0 saturated carbocycles. The van der Waals surface area contributed by atoms with E-state index < -0.39 is 0 Å². The summed E-state index contributed by atoms with van der Waals surface area (Å²) >= 11 is 5.86. The van der Waals surface area contributed by atoms with Crippen molar-refractivity contribution < 1.29 is 9.59 Å². The third-order valence-electron chi connectivity index (χ3n) is 2.76. The number of halogens is 1. The molecular weight excluding hydrogens is 266 g/mol. The highest BCUT2D eigenvalue weighted by Crippen LogP contribution is 2.12. The van der Waals surface area contributed by atoms with Crippen LogP contribution in [0.25, 0.3) is 0 Å². The molecule has 0 atom stereocenters. The monoisotopic (exact) mass is 283 g/mol. The first-order chi connectivity index (χ1) is 9.10. The zero-order valence-electron chi connectivity index (χ0n) is 11.1. The molecule has 0 spiro atoms. The fraction of sp³-hybridized carbons (Fsp3) is 0.462. The Hall–Kier alpha value is -1.62. The smallest absolute Gasteiger partial charge is 0.252 e. The number of nitrogens with one attached hydrogen (secondary N) is 1. The van der Waals surface area contributed by atoms with E-state index >= 15 is 0 Å². The van der Waals surface area contributed by atoms with Gasteiger partial charge in [0.05, 0.1) is 10.6 Å². The van der Waals surface area contributed by atoms with Crippen molar-refractivity contribution in [1.82, 2.24) is 15.2 Å². The highest BCUT2D eigenvalue weighted by Gasteiger charge is 2.12. The third kappa shape index (κ3) is 4.52. The predicted molar refractivity (Wildman–Crippen MR) is 74.1 cm³/mol. The van der Waals surface area contributed by atoms with Crippen LogP contribution < -0.4 is 5.32 Å². The molecule has 19 heavy (non-hydrogen) atoms. The van der Waals surface area contributed by atoms with Crippen molar-refractivity contribution in [3.05, 3.63) is 29.0 Å². The van der Waals surface area contributed by atoms with Crippen LogP contribution in [0.4, 0.5) is 0 Å². The molecule has 1 aromatic rings. The van der Waals surface area contributed by atoms with E-state index in [0.29, 0.717) is 30.2 Å². The van der Waals surface area contributed by atoms with Gasteiger partial charge >= 0.3 is 0 Å². The first-order valence-electron chi connectivity index (χ1n) is 6.25. The minimum Gasteiger partial charge on any atom is -0.351 e. The summed E-state index contributed by atoms with van der Waals surface area (Å²) in [6, 6.07) is 1.55. The van der Waals surface area contributed by atoms with Crippen molar-refractivity contribution >= 4 is 23.4 Å². The van der Waals surface area contributed by atoms with Gasteiger partial charge in [-0.2, -0.15) is 0 Å². The van der Waals surface area contributed by atoms with Crippen LogP contribution in [0.5, 0.6) is 0 Å². The Balaban J connectivity index is 2.44. The Labute approximate surface area is 118 Å². The van der Waals surface area contributed by atoms with Crippen LogP contribution in [-0.4, -0.2) is 41.3 Å². The van der Waals surface area contributed by atoms with Crippen molar-refractivity contribution in [3.63, 3.8) is 0 Å². The van der Waals surface area contributed by atoms with E-state index in [1.165, 1.54) is 12.4 Å². The Morgan fingerprint density at radius 3 is 2.63 bits per heavy atom. The standard InChI is InChI=1S/C13H18ClN3O2/c1-3-17(4-2)12(18)6-8-16-13(19)10-5-7-15-9-11(10)14/h5,7,9H,3-4,6,8H2,1-2H3,(H,16,19). The normalized spacial score (nSPS) is 10.1. The molecule has 1 N–H and O–H groups in total. The van der Waals surface area contributed by atoms with Crippen LogP contribution in [0.3, 0.4) is 0 Å². The van der Waals surface area contributed by atoms with E-state index in [0.717, 1.165) is 0 Å². The number of hydrogen-bond acceptors (Lipinski definition) is 3. The quantitative estimate of drug-likeness (QED) is 0.865. The maximum absolute atomic E-state index is 11.8. The van der Waals surface area contributed by atoms with E-state index in [1.807, 2.05) is 13.8 Å². The molecule has 2 amide bonds. The molecule has 1 heterocycles. The van der Waals surface area contributed by atoms with Gasteiger partial charge < -0.3 is 10.2 Å². The Kier molecular flexibility index (Phi) is 6.29. The Morgan fingerprint density at radius 1 is 1.37 bits per heavy atom. The molecule has 1 rings (SSSR count). The van der Waals surface area contributed by atoms with Crippen molar-refractivity contribution in [1.29, 1.82) is 0 Å². The molecule has 104 valence electrons. The highest BCUT2D eigenvalue weighted by atomic mass is 35.5. The molecule has 0 aliphatic heterocycles. The number of pyridine rings is 1. The van der Waals surface area contributed by atoms with Crippen LogP contribution in [0.1, 0.15) is 30.6 Å². The summed E-state index contributed by atoms with van der Waals surface area (Å²) < 4.78 is 0. The van der Waals surface area contributed by atoms with Gasteiger partial charge in [-0.25, -0.2) is 0 Å². The second kappa shape index (κ2) is 7.74. The van der Waals surface area contributed by atoms with Gasteiger partial charge in [0.2, 0.25) is 5.91 Å². The molecule has 0 unspecified atom stereocenters. The molecular formula is C13H18ClN3O2. The van der Waals surface area contributed by atoms with Gasteiger partial charge in [0.25, 0.3) is 5.91 Å². The van der Waals surface area contributed by atoms with Crippen LogP contribution in [-0.2, 0) is 4.79 Å². The first-order valence-corrected chi connectivity index (χ1v) is 6.63. The van der Waals surface area contributed by atoms with E-state index in [2.05, 4.69) is 10.3 Å². The average molecular weight is 284 g/mol. The molecule has 0 saturated heterocycles. The van der Waals surface area contributed by atoms with Crippen molar-refractivity contribution in [2.24, 2.45) is 0 Å². The molecule has 1 aromatic heterocycles. The lowest BCUT2D eigenvalue weighted by Crippen LogP contribution is -2.34. The lowest BCUT2D eigenvalue weighted by atomic mass is 10.2. The largest absolute Gasteiger partial charge is 0.351 e. The number of rotatable bonds is 6. The summed E-state index contributed by atoms with van der Waals surface area (Å²) in [5.41, 5.74) is 0.368. The van der Waals surface area contributed by atoms with Crippen molar-refractivity contribution in [3.8, 4) is 0 Å². The van der Waals surface area contributed by atoms with Crippen LogP contribution in [0.15, 0.2) is 18.5 Å². The summed E-state index contributed by atoms with van der Waals surface area (Å²) in [5, 5.41) is 2.98. The van der Waals surface area contributed by atoms with Gasteiger partial charge in [-0.1, -0.05) is 11.6 Å². The highest BCUT2D eigenvalue weighted by molar-refractivity contribution is 6.33. The minimum atomic E-state index is -0.292. The van der Waals surface area contributed by atoms with Gasteiger partial charge in [0.1, 0.15) is 0 Å². The predicted octanol–water partition coefficient (Wildman–Crippen LogP) is 1.72. The van der Waals surface area contributed by atoms with Gasteiger partial charge in [-0.3, -0.25) is 14.6 Å². The average Bonchev–Trinajstić information content (AvgIpc) is 2.40. The number of amides is 2. The Morgan fingerprint density at radius 2 is 2.05 bits per heavy atom. The molecule has 0 aliphatic rings. The van der Waals surface area contributed by atoms with Crippen LogP contribution >= 0.6 is 11.6 Å². The van der Waals surface area contributed by atoms with Gasteiger partial charge in [-0.15, -0.1) is 0 Å². The van der Waals surface area contributed by atoms with E-state index in [1.54, 1.807) is 11.0 Å². The fourth-order valence-electron chi connectivity index (χ4n) is 1.67. The second-order valence-electron chi connectivity index (χ2n) is 3.93. The first kappa shape index (κ1) is 15.4. The maximum atomic E-state index is 11.8. The number of aromatic nitrogens is 1. The summed E-state index contributed by atoms with van der Waals surface area (Å²) in [6.07, 6.45) is 3.20. The Bertz CT molecular complexity index is 447. The van der Waals surface area contributed by atoms with Gasteiger partial charge in [-0.05, 0) is 19.9 Å². The third-order valence-corrected chi connectivity index (χ3v) is 3.06. The molecule has 0 aliphatic carbocycles.